The number of ketones is 1. The molecular formula is C59H76FN13O8S2. The summed E-state index contributed by atoms with van der Waals surface area (Å²) in [6.07, 6.45) is 9.15. The number of hydrogen-bond donors (Lipinski definition) is 2. The molecule has 0 spiro atoms. The summed E-state index contributed by atoms with van der Waals surface area (Å²) in [5.41, 5.74) is 2.34. The molecule has 2 amide bonds. The molecule has 0 aliphatic carbocycles. The first-order valence-electron chi connectivity index (χ1n) is 28.7. The van der Waals surface area contributed by atoms with Crippen LogP contribution in [-0.4, -0.2) is 175 Å². The van der Waals surface area contributed by atoms with Crippen LogP contribution >= 0.6 is 11.3 Å². The summed E-state index contributed by atoms with van der Waals surface area (Å²) in [4.78, 5) is 74.8. The number of likely N-dealkylation sites (tertiary alicyclic amines) is 2. The van der Waals surface area contributed by atoms with Crippen molar-refractivity contribution >= 4 is 67.4 Å². The maximum atomic E-state index is 14.4. The molecule has 8 heterocycles. The summed E-state index contributed by atoms with van der Waals surface area (Å²) < 4.78 is 59.4. The molecule has 10 rings (SSSR count). The van der Waals surface area contributed by atoms with Gasteiger partial charge in [0.15, 0.2) is 21.4 Å². The maximum absolute atomic E-state index is 14.4. The zero-order valence-electron chi connectivity index (χ0n) is 48.9. The van der Waals surface area contributed by atoms with Crippen molar-refractivity contribution in [1.29, 1.82) is 0 Å². The second-order valence-corrected chi connectivity index (χ2v) is 28.0. The zero-order valence-corrected chi connectivity index (χ0v) is 50.5. The highest BCUT2D eigenvalue weighted by molar-refractivity contribution is 7.92. The quantitative estimate of drug-likeness (QED) is 0.0862. The van der Waals surface area contributed by atoms with E-state index in [9.17, 15) is 27.2 Å². The number of piperidine rings is 2. The number of piperazine rings is 1. The van der Waals surface area contributed by atoms with E-state index in [2.05, 4.69) is 40.2 Å². The van der Waals surface area contributed by atoms with E-state index in [1.165, 1.54) is 41.9 Å². The SMILES string of the molecule is Cc1[nH]nc(Nc2ncnc3cc(OCC4CCN(c5ncc(OC6CCN(CC7CN(C(=O)OC(C)(C)C)C(C)CN7CC(=O)N7CCC[C@H]7c7nc(C(=O)c8ccc(F)cc8)cs7)CC6)cn5)CC4)c(S(=O)(=O)C(C)(C)C)cc23)c1C. The molecule has 2 unspecified atom stereocenters. The number of nitrogens with one attached hydrogen (secondary N) is 2. The Morgan fingerprint density at radius 3 is 2.27 bits per heavy atom. The molecule has 21 nitrogen and oxygen atoms in total. The standard InChI is InChI=1S/C59H76FN13O8S2/c1-36-29-71(32-51(74)72-20-10-11-48(72)55-65-47(34-82-55)52(75)40-12-14-41(60)15-13-40)42(31-73(36)57(76)81-58(4,5)6)30-69-21-18-43(19-22-69)80-44-27-61-56(62-28-44)70-23-16-39(17-24-70)33-79-49-26-46-45(25-50(49)83(77,78)59(7,8)9)54(64-35-63-46)66-53-37(2)38(3)67-68-53/h12-15,25-28,34-36,39,42-43,48H,10-11,16-24,29-33H2,1-9H3,(H2,63,64,66,67,68)/t36?,42?,48-/m0/s1. The van der Waals surface area contributed by atoms with Crippen molar-refractivity contribution in [3.8, 4) is 11.5 Å². The van der Waals surface area contributed by atoms with E-state index >= 15 is 0 Å². The number of aromatic nitrogens is 7. The number of benzene rings is 2. The third-order valence-corrected chi connectivity index (χ3v) is 19.7. The molecule has 0 bridgehead atoms. The van der Waals surface area contributed by atoms with E-state index in [1.54, 1.807) is 55.6 Å². The Morgan fingerprint density at radius 2 is 1.59 bits per heavy atom. The molecule has 4 aliphatic rings. The highest BCUT2D eigenvalue weighted by Gasteiger charge is 2.41. The van der Waals surface area contributed by atoms with Crippen molar-refractivity contribution in [1.82, 2.24) is 54.7 Å². The Balaban J connectivity index is 0.724. The number of sulfone groups is 1. The Hall–Kier alpha value is -6.89. The molecule has 4 fully saturated rings. The van der Waals surface area contributed by atoms with Crippen molar-refractivity contribution in [3.05, 3.63) is 93.8 Å². The number of hydrogen-bond acceptors (Lipinski definition) is 19. The van der Waals surface area contributed by atoms with E-state index in [0.717, 1.165) is 62.9 Å². The number of amides is 2. The number of carbonyl (C=O) groups excluding carboxylic acids is 3. The molecule has 24 heteroatoms. The van der Waals surface area contributed by atoms with E-state index in [1.807, 2.05) is 46.4 Å². The Bertz CT molecular complexity index is 3410. The zero-order chi connectivity index (χ0) is 59.0. The number of ether oxygens (including phenoxy) is 3. The second-order valence-electron chi connectivity index (χ2n) is 24.4. The maximum Gasteiger partial charge on any atom is 0.410 e. The fourth-order valence-electron chi connectivity index (χ4n) is 11.2. The molecule has 0 radical (unpaired) electrons. The van der Waals surface area contributed by atoms with Crippen LogP contribution in [0.2, 0.25) is 0 Å². The van der Waals surface area contributed by atoms with Gasteiger partial charge in [-0.25, -0.2) is 42.5 Å². The van der Waals surface area contributed by atoms with Gasteiger partial charge in [-0.3, -0.25) is 19.6 Å². The van der Waals surface area contributed by atoms with Gasteiger partial charge in [0.05, 0.1) is 41.9 Å². The molecule has 2 N–H and O–H groups in total. The number of halogens is 1. The molecule has 2 aromatic carbocycles. The summed E-state index contributed by atoms with van der Waals surface area (Å²) in [6.45, 7) is 22.0. The first-order valence-corrected chi connectivity index (χ1v) is 31.0. The molecule has 444 valence electrons. The van der Waals surface area contributed by atoms with E-state index in [-0.39, 0.29) is 70.8 Å². The highest BCUT2D eigenvalue weighted by atomic mass is 32.2. The van der Waals surface area contributed by atoms with E-state index < -0.39 is 26.0 Å². The number of fused-ring (bicyclic) bond motifs is 1. The van der Waals surface area contributed by atoms with Gasteiger partial charge in [0, 0.05) is 98.1 Å². The Labute approximate surface area is 488 Å². The van der Waals surface area contributed by atoms with Gasteiger partial charge in [0.2, 0.25) is 17.6 Å². The van der Waals surface area contributed by atoms with Gasteiger partial charge in [0.1, 0.15) is 51.0 Å². The lowest BCUT2D eigenvalue weighted by Crippen LogP contribution is -2.63. The first-order chi connectivity index (χ1) is 39.5. The summed E-state index contributed by atoms with van der Waals surface area (Å²) in [6, 6.07) is 8.12. The second kappa shape index (κ2) is 24.4. The van der Waals surface area contributed by atoms with Crippen molar-refractivity contribution < 1.29 is 41.4 Å². The number of thiazole rings is 1. The fraction of sp³-hybridized carbons (Fsp3) is 0.542. The van der Waals surface area contributed by atoms with Gasteiger partial charge in [-0.1, -0.05) is 0 Å². The minimum atomic E-state index is -3.85. The van der Waals surface area contributed by atoms with Crippen LogP contribution in [0.5, 0.6) is 11.5 Å². The van der Waals surface area contributed by atoms with Crippen molar-refractivity contribution in [2.75, 3.05) is 75.7 Å². The van der Waals surface area contributed by atoms with Gasteiger partial charge in [0.25, 0.3) is 0 Å². The summed E-state index contributed by atoms with van der Waals surface area (Å²) in [5, 5.41) is 13.5. The lowest BCUT2D eigenvalue weighted by Gasteiger charge is -2.47. The lowest BCUT2D eigenvalue weighted by molar-refractivity contribution is -0.135. The van der Waals surface area contributed by atoms with Gasteiger partial charge in [-0.2, -0.15) is 5.10 Å². The molecular weight excluding hydrogens is 1100 g/mol. The first kappa shape index (κ1) is 59.3. The molecule has 4 saturated heterocycles. The minimum Gasteiger partial charge on any atom is -0.492 e. The molecule has 4 aromatic heterocycles. The molecule has 0 saturated carbocycles. The van der Waals surface area contributed by atoms with Crippen LogP contribution in [0.1, 0.15) is 125 Å². The van der Waals surface area contributed by atoms with E-state index in [0.29, 0.717) is 90.7 Å². The summed E-state index contributed by atoms with van der Waals surface area (Å²) in [5.74, 6) is 1.93. The average Bonchev–Trinajstić information content (AvgIpc) is 4.38. The van der Waals surface area contributed by atoms with Crippen LogP contribution in [-0.2, 0) is 19.4 Å². The van der Waals surface area contributed by atoms with Crippen LogP contribution < -0.4 is 19.7 Å². The van der Waals surface area contributed by atoms with Gasteiger partial charge in [-0.05, 0) is 137 Å². The Kier molecular flexibility index (Phi) is 17.4. The van der Waals surface area contributed by atoms with Gasteiger partial charge >= 0.3 is 6.09 Å². The predicted octanol–water partition coefficient (Wildman–Crippen LogP) is 8.71. The van der Waals surface area contributed by atoms with Crippen molar-refractivity contribution in [2.45, 2.75) is 140 Å². The molecule has 83 heavy (non-hydrogen) atoms. The highest BCUT2D eigenvalue weighted by Crippen LogP contribution is 2.39. The van der Waals surface area contributed by atoms with Crippen LogP contribution in [0.4, 0.5) is 26.8 Å². The van der Waals surface area contributed by atoms with Crippen LogP contribution in [0.15, 0.2) is 65.4 Å². The van der Waals surface area contributed by atoms with Crippen molar-refractivity contribution in [2.24, 2.45) is 5.92 Å². The monoisotopic (exact) mass is 1180 g/mol. The van der Waals surface area contributed by atoms with Gasteiger partial charge in [-0.15, -0.1) is 11.3 Å². The molecule has 6 aromatic rings. The molecule has 3 atom stereocenters. The number of nitrogens with zero attached hydrogens (tertiary/aromatic N) is 11. The van der Waals surface area contributed by atoms with Crippen molar-refractivity contribution in [3.63, 3.8) is 0 Å². The van der Waals surface area contributed by atoms with E-state index in [4.69, 9.17) is 29.2 Å². The summed E-state index contributed by atoms with van der Waals surface area (Å²) >= 11 is 1.36. The molecule has 4 aliphatic heterocycles. The normalized spacial score (nSPS) is 20.0. The average molecular weight is 1180 g/mol. The number of H-pyrrole nitrogens is 1. The largest absolute Gasteiger partial charge is 0.492 e. The van der Waals surface area contributed by atoms with Crippen LogP contribution in [0, 0.1) is 25.6 Å². The Morgan fingerprint density at radius 1 is 0.867 bits per heavy atom. The lowest BCUT2D eigenvalue weighted by atomic mass is 9.98. The number of aromatic amines is 1. The summed E-state index contributed by atoms with van der Waals surface area (Å²) in [7, 11) is -3.85. The van der Waals surface area contributed by atoms with Gasteiger partial charge < -0.3 is 39.1 Å². The minimum absolute atomic E-state index is 0.0207. The number of rotatable bonds is 16. The predicted molar refractivity (Wildman–Crippen MR) is 314 cm³/mol. The number of carbonyl (C=O) groups is 3. The van der Waals surface area contributed by atoms with Crippen LogP contribution in [0.25, 0.3) is 10.9 Å². The topological polar surface area (TPSA) is 234 Å². The third kappa shape index (κ3) is 13.6. The third-order valence-electron chi connectivity index (χ3n) is 16.2. The number of anilines is 3. The fourth-order valence-corrected chi connectivity index (χ4v) is 13.5. The smallest absolute Gasteiger partial charge is 0.410 e. The van der Waals surface area contributed by atoms with Crippen LogP contribution in [0.3, 0.4) is 0 Å². The number of aryl methyl sites for hydroxylation is 1.